The molecule has 2 atom stereocenters. The lowest BCUT2D eigenvalue weighted by Gasteiger charge is -2.33. The summed E-state index contributed by atoms with van der Waals surface area (Å²) in [5, 5.41) is 11.6. The highest BCUT2D eigenvalue weighted by atomic mass is 16.6. The molecule has 1 saturated heterocycles. The molecule has 23 heavy (non-hydrogen) atoms. The second-order valence-electron chi connectivity index (χ2n) is 6.94. The Hall–Kier alpha value is -2.13. The Morgan fingerprint density at radius 1 is 1.04 bits per heavy atom. The molecule has 1 heterocycles. The van der Waals surface area contributed by atoms with E-state index in [9.17, 15) is 9.90 Å². The normalized spacial score (nSPS) is 22.4. The van der Waals surface area contributed by atoms with Crippen molar-refractivity contribution in [2.24, 2.45) is 5.92 Å². The van der Waals surface area contributed by atoms with Gasteiger partial charge in [0.15, 0.2) is 0 Å². The van der Waals surface area contributed by atoms with Gasteiger partial charge in [0.1, 0.15) is 11.2 Å². The molecule has 2 aromatic rings. The van der Waals surface area contributed by atoms with Gasteiger partial charge in [-0.1, -0.05) is 60.2 Å². The number of cyclic esters (lactones) is 1. The van der Waals surface area contributed by atoms with Crippen LogP contribution in [0.4, 0.5) is 0 Å². The van der Waals surface area contributed by atoms with Gasteiger partial charge < -0.3 is 9.84 Å². The van der Waals surface area contributed by atoms with Crippen molar-refractivity contribution < 1.29 is 14.6 Å². The molecular formula is C20H22O3. The van der Waals surface area contributed by atoms with Crippen LogP contribution in [-0.2, 0) is 15.1 Å². The number of rotatable bonds is 3. The van der Waals surface area contributed by atoms with E-state index in [2.05, 4.69) is 0 Å². The Morgan fingerprint density at radius 3 is 2.13 bits per heavy atom. The minimum Gasteiger partial charge on any atom is -0.459 e. The van der Waals surface area contributed by atoms with Gasteiger partial charge in [0.25, 0.3) is 0 Å². The predicted molar refractivity (Wildman–Crippen MR) is 88.9 cm³/mol. The predicted octanol–water partition coefficient (Wildman–Crippen LogP) is 3.57. The Morgan fingerprint density at radius 2 is 1.61 bits per heavy atom. The van der Waals surface area contributed by atoms with Crippen molar-refractivity contribution in [1.29, 1.82) is 0 Å². The van der Waals surface area contributed by atoms with Crippen LogP contribution in [0, 0.1) is 12.8 Å². The van der Waals surface area contributed by atoms with Crippen molar-refractivity contribution in [3.8, 4) is 0 Å². The van der Waals surface area contributed by atoms with Crippen LogP contribution in [0.2, 0.25) is 0 Å². The minimum atomic E-state index is -1.39. The van der Waals surface area contributed by atoms with Crippen LogP contribution in [-0.4, -0.2) is 16.7 Å². The van der Waals surface area contributed by atoms with Gasteiger partial charge in [0.2, 0.25) is 0 Å². The van der Waals surface area contributed by atoms with Crippen LogP contribution in [0.25, 0.3) is 0 Å². The molecule has 0 saturated carbocycles. The van der Waals surface area contributed by atoms with Crippen LogP contribution < -0.4 is 0 Å². The second kappa shape index (κ2) is 5.50. The Bertz CT molecular complexity index is 703. The molecule has 3 heteroatoms. The van der Waals surface area contributed by atoms with E-state index in [1.54, 1.807) is 0 Å². The molecule has 3 rings (SSSR count). The first kappa shape index (κ1) is 15.8. The van der Waals surface area contributed by atoms with Crippen molar-refractivity contribution in [1.82, 2.24) is 0 Å². The number of aryl methyl sites for hydroxylation is 1. The third-order valence-electron chi connectivity index (χ3n) is 4.57. The second-order valence-corrected chi connectivity index (χ2v) is 6.94. The summed E-state index contributed by atoms with van der Waals surface area (Å²) in [5.74, 6) is -0.968. The maximum absolute atomic E-state index is 12.5. The average Bonchev–Trinajstić information content (AvgIpc) is 2.81. The molecule has 2 unspecified atom stereocenters. The number of carbonyl (C=O) groups is 1. The molecule has 3 nitrogen and oxygen atoms in total. The fourth-order valence-electron chi connectivity index (χ4n) is 3.35. The number of aliphatic hydroxyl groups is 1. The van der Waals surface area contributed by atoms with Gasteiger partial charge in [-0.25, -0.2) is 0 Å². The third-order valence-corrected chi connectivity index (χ3v) is 4.57. The van der Waals surface area contributed by atoms with E-state index in [4.69, 9.17) is 4.74 Å². The Balaban J connectivity index is 2.15. The average molecular weight is 310 g/mol. The van der Waals surface area contributed by atoms with Gasteiger partial charge in [-0.3, -0.25) is 4.79 Å². The number of carbonyl (C=O) groups excluding carboxylic acids is 1. The van der Waals surface area contributed by atoms with Crippen LogP contribution >= 0.6 is 0 Å². The number of hydrogen-bond donors (Lipinski definition) is 1. The molecule has 0 bridgehead atoms. The van der Waals surface area contributed by atoms with Crippen LogP contribution in [0.5, 0.6) is 0 Å². The van der Waals surface area contributed by atoms with Crippen molar-refractivity contribution in [3.63, 3.8) is 0 Å². The summed E-state index contributed by atoms with van der Waals surface area (Å²) in [4.78, 5) is 12.5. The number of benzene rings is 2. The standard InChI is InChI=1S/C20H22O3/c1-14-9-11-16(12-10-14)20(22,15-7-5-4-6-8-15)17-13-19(2,3)23-18(17)21/h4-12,17,22H,13H2,1-3H3. The SMILES string of the molecule is Cc1ccc(C(O)(c2ccccc2)C2CC(C)(C)OC2=O)cc1. The van der Waals surface area contributed by atoms with E-state index in [1.165, 1.54) is 0 Å². The highest BCUT2D eigenvalue weighted by molar-refractivity contribution is 5.78. The number of ether oxygens (including phenoxy) is 1. The van der Waals surface area contributed by atoms with Gasteiger partial charge in [0.05, 0.1) is 5.92 Å². The van der Waals surface area contributed by atoms with Crippen molar-refractivity contribution in [2.75, 3.05) is 0 Å². The molecule has 1 fully saturated rings. The lowest BCUT2D eigenvalue weighted by Crippen LogP contribution is -2.39. The highest BCUT2D eigenvalue weighted by Crippen LogP contribution is 2.45. The summed E-state index contributed by atoms with van der Waals surface area (Å²) in [6.07, 6.45) is 0.477. The zero-order valence-corrected chi connectivity index (χ0v) is 13.7. The number of hydrogen-bond acceptors (Lipinski definition) is 3. The minimum absolute atomic E-state index is 0.345. The van der Waals surface area contributed by atoms with E-state index in [-0.39, 0.29) is 5.97 Å². The summed E-state index contributed by atoms with van der Waals surface area (Å²) in [6, 6.07) is 17.1. The lowest BCUT2D eigenvalue weighted by molar-refractivity contribution is -0.152. The molecule has 0 amide bonds. The first-order valence-electron chi connectivity index (χ1n) is 7.91. The van der Waals surface area contributed by atoms with Gasteiger partial charge in [0, 0.05) is 6.42 Å². The topological polar surface area (TPSA) is 46.5 Å². The maximum atomic E-state index is 12.5. The molecule has 0 radical (unpaired) electrons. The Labute approximate surface area is 136 Å². The quantitative estimate of drug-likeness (QED) is 0.882. The third kappa shape index (κ3) is 2.77. The van der Waals surface area contributed by atoms with Crippen LogP contribution in [0.15, 0.2) is 54.6 Å². The zero-order chi connectivity index (χ0) is 16.7. The molecule has 1 aliphatic heterocycles. The molecule has 0 aromatic heterocycles. The van der Waals surface area contributed by atoms with Crippen molar-refractivity contribution >= 4 is 5.97 Å². The summed E-state index contributed by atoms with van der Waals surface area (Å²) in [7, 11) is 0. The van der Waals surface area contributed by atoms with Gasteiger partial charge in [-0.05, 0) is 31.9 Å². The largest absolute Gasteiger partial charge is 0.459 e. The first-order chi connectivity index (χ1) is 10.8. The smallest absolute Gasteiger partial charge is 0.313 e. The summed E-state index contributed by atoms with van der Waals surface area (Å²) >= 11 is 0. The molecule has 0 aliphatic carbocycles. The summed E-state index contributed by atoms with van der Waals surface area (Å²) in [5.41, 5.74) is 0.589. The molecule has 1 N–H and O–H groups in total. The Kier molecular flexibility index (Phi) is 3.77. The lowest BCUT2D eigenvalue weighted by atomic mass is 9.73. The van der Waals surface area contributed by atoms with Gasteiger partial charge in [-0.15, -0.1) is 0 Å². The summed E-state index contributed by atoms with van der Waals surface area (Å²) < 4.78 is 5.48. The zero-order valence-electron chi connectivity index (χ0n) is 13.7. The van der Waals surface area contributed by atoms with E-state index < -0.39 is 17.1 Å². The molecular weight excluding hydrogens is 288 g/mol. The first-order valence-corrected chi connectivity index (χ1v) is 7.91. The number of esters is 1. The van der Waals surface area contributed by atoms with E-state index in [0.717, 1.165) is 5.56 Å². The molecule has 2 aromatic carbocycles. The van der Waals surface area contributed by atoms with Gasteiger partial charge in [-0.2, -0.15) is 0 Å². The van der Waals surface area contributed by atoms with Gasteiger partial charge >= 0.3 is 5.97 Å². The van der Waals surface area contributed by atoms with Crippen LogP contribution in [0.1, 0.15) is 37.0 Å². The summed E-state index contributed by atoms with van der Waals surface area (Å²) in [6.45, 7) is 5.76. The molecule has 1 aliphatic rings. The maximum Gasteiger partial charge on any atom is 0.313 e. The van der Waals surface area contributed by atoms with Crippen molar-refractivity contribution in [3.05, 3.63) is 71.3 Å². The molecule has 120 valence electrons. The fourth-order valence-corrected chi connectivity index (χ4v) is 3.35. The van der Waals surface area contributed by atoms with Crippen LogP contribution in [0.3, 0.4) is 0 Å². The van der Waals surface area contributed by atoms with Crippen molar-refractivity contribution in [2.45, 2.75) is 38.4 Å². The molecule has 0 spiro atoms. The monoisotopic (exact) mass is 310 g/mol. The van der Waals surface area contributed by atoms with E-state index in [0.29, 0.717) is 17.5 Å². The van der Waals surface area contributed by atoms with E-state index in [1.807, 2.05) is 75.4 Å². The van der Waals surface area contributed by atoms with E-state index >= 15 is 0 Å². The fraction of sp³-hybridized carbons (Fsp3) is 0.350. The highest BCUT2D eigenvalue weighted by Gasteiger charge is 2.53.